The summed E-state index contributed by atoms with van der Waals surface area (Å²) < 4.78 is 11.9. The van der Waals surface area contributed by atoms with Crippen molar-refractivity contribution in [3.8, 4) is 5.82 Å². The number of hydrogen-bond donors (Lipinski definition) is 0. The summed E-state index contributed by atoms with van der Waals surface area (Å²) in [5.41, 5.74) is 1.85. The van der Waals surface area contributed by atoms with Crippen molar-refractivity contribution in [3.05, 3.63) is 74.8 Å². The van der Waals surface area contributed by atoms with Gasteiger partial charge in [-0.3, -0.25) is 19.5 Å². The molecule has 3 rings (SSSR count). The fourth-order valence-corrected chi connectivity index (χ4v) is 2.87. The molecule has 2 aromatic heterocycles. The molecule has 1 aromatic carbocycles. The third-order valence-corrected chi connectivity index (χ3v) is 4.22. The Morgan fingerprint density at radius 1 is 1.18 bits per heavy atom. The lowest BCUT2D eigenvalue weighted by Crippen LogP contribution is -2.15. The zero-order valence-electron chi connectivity index (χ0n) is 15.5. The van der Waals surface area contributed by atoms with Crippen LogP contribution in [-0.4, -0.2) is 33.0 Å². The van der Waals surface area contributed by atoms with Gasteiger partial charge in [-0.1, -0.05) is 5.16 Å². The minimum Gasteiger partial charge on any atom is -0.454 e. The maximum absolute atomic E-state index is 12.5. The number of carbonyl (C=O) groups is 2. The van der Waals surface area contributed by atoms with Gasteiger partial charge in [0.15, 0.2) is 12.4 Å². The first kappa shape index (κ1) is 19.0. The molecule has 0 aliphatic rings. The molecule has 0 fully saturated rings. The van der Waals surface area contributed by atoms with Crippen molar-refractivity contribution in [1.82, 2.24) is 9.72 Å². The van der Waals surface area contributed by atoms with Gasteiger partial charge in [0, 0.05) is 35.2 Å². The Kier molecular flexibility index (Phi) is 5.08. The van der Waals surface area contributed by atoms with Gasteiger partial charge in [0.1, 0.15) is 5.76 Å². The molecule has 0 unspecified atom stereocenters. The first-order chi connectivity index (χ1) is 13.3. The second-order valence-electron chi connectivity index (χ2n) is 6.22. The zero-order valence-corrected chi connectivity index (χ0v) is 15.5. The second kappa shape index (κ2) is 7.47. The van der Waals surface area contributed by atoms with Crippen LogP contribution in [0.1, 0.15) is 37.9 Å². The van der Waals surface area contributed by atoms with E-state index in [4.69, 9.17) is 9.26 Å². The number of aryl methyl sites for hydroxylation is 2. The molecule has 0 bridgehead atoms. The van der Waals surface area contributed by atoms with Crippen LogP contribution >= 0.6 is 0 Å². The second-order valence-corrected chi connectivity index (χ2v) is 6.22. The molecule has 0 atom stereocenters. The van der Waals surface area contributed by atoms with E-state index in [0.29, 0.717) is 22.8 Å². The Hall–Kier alpha value is -3.75. The summed E-state index contributed by atoms with van der Waals surface area (Å²) in [6.45, 7) is 4.92. The van der Waals surface area contributed by atoms with Crippen molar-refractivity contribution in [1.29, 1.82) is 0 Å². The molecule has 0 saturated heterocycles. The summed E-state index contributed by atoms with van der Waals surface area (Å²) in [6, 6.07) is 8.41. The van der Waals surface area contributed by atoms with Crippen LogP contribution in [0.5, 0.6) is 0 Å². The molecule has 0 radical (unpaired) electrons. The molecule has 9 heteroatoms. The van der Waals surface area contributed by atoms with Gasteiger partial charge in [-0.05, 0) is 39.0 Å². The number of nitrogens with zero attached hydrogens (tertiary/aromatic N) is 3. The number of ketones is 1. The fraction of sp³-hybridized carbons (Fsp3) is 0.211. The lowest BCUT2D eigenvalue weighted by molar-refractivity contribution is -0.384. The Bertz CT molecular complexity index is 1060. The van der Waals surface area contributed by atoms with Crippen molar-refractivity contribution >= 4 is 17.4 Å². The van der Waals surface area contributed by atoms with Crippen LogP contribution in [0.25, 0.3) is 5.82 Å². The third kappa shape index (κ3) is 3.68. The number of ether oxygens (including phenoxy) is 1. The van der Waals surface area contributed by atoms with Crippen molar-refractivity contribution in [2.24, 2.45) is 0 Å². The standard InChI is InChI=1S/C19H17N3O6/c1-11-8-16(13(3)21(11)18-9-12(2)28-20-18)17(23)10-27-19(24)14-4-6-15(7-5-14)22(25)26/h4-9H,10H2,1-3H3. The van der Waals surface area contributed by atoms with Crippen LogP contribution in [-0.2, 0) is 4.74 Å². The average Bonchev–Trinajstić information content (AvgIpc) is 3.21. The van der Waals surface area contributed by atoms with E-state index in [-0.39, 0.29) is 17.0 Å². The fourth-order valence-electron chi connectivity index (χ4n) is 2.87. The molecule has 0 aliphatic carbocycles. The smallest absolute Gasteiger partial charge is 0.338 e. The van der Waals surface area contributed by atoms with Crippen molar-refractivity contribution < 1.29 is 23.8 Å². The molecule has 0 amide bonds. The number of aromatic nitrogens is 2. The highest BCUT2D eigenvalue weighted by molar-refractivity contribution is 6.00. The molecule has 3 aromatic rings. The van der Waals surface area contributed by atoms with E-state index in [9.17, 15) is 19.7 Å². The Balaban J connectivity index is 1.71. The first-order valence-corrected chi connectivity index (χ1v) is 8.35. The first-order valence-electron chi connectivity index (χ1n) is 8.35. The lowest BCUT2D eigenvalue weighted by Gasteiger charge is -2.06. The normalized spacial score (nSPS) is 10.7. The van der Waals surface area contributed by atoms with Gasteiger partial charge in [0.2, 0.25) is 5.78 Å². The van der Waals surface area contributed by atoms with E-state index in [0.717, 1.165) is 5.69 Å². The van der Waals surface area contributed by atoms with Crippen molar-refractivity contribution in [2.75, 3.05) is 6.61 Å². The van der Waals surface area contributed by atoms with E-state index >= 15 is 0 Å². The molecule has 28 heavy (non-hydrogen) atoms. The van der Waals surface area contributed by atoms with Crippen molar-refractivity contribution in [3.63, 3.8) is 0 Å². The zero-order chi connectivity index (χ0) is 20.4. The number of non-ortho nitro benzene ring substituents is 1. The summed E-state index contributed by atoms with van der Waals surface area (Å²) in [5, 5.41) is 14.6. The van der Waals surface area contributed by atoms with E-state index in [1.54, 1.807) is 30.5 Å². The highest BCUT2D eigenvalue weighted by Crippen LogP contribution is 2.21. The molecular weight excluding hydrogens is 366 g/mol. The summed E-state index contributed by atoms with van der Waals surface area (Å²) in [5.74, 6) is 0.112. The average molecular weight is 383 g/mol. The van der Waals surface area contributed by atoms with Gasteiger partial charge >= 0.3 is 5.97 Å². The minimum absolute atomic E-state index is 0.127. The lowest BCUT2D eigenvalue weighted by atomic mass is 10.1. The van der Waals surface area contributed by atoms with Gasteiger partial charge in [-0.25, -0.2) is 4.79 Å². The number of Topliss-reactive ketones (excluding diaryl/α,β-unsaturated/α-hetero) is 1. The molecular formula is C19H17N3O6. The Labute approximate surface area is 159 Å². The maximum Gasteiger partial charge on any atom is 0.338 e. The molecule has 0 saturated carbocycles. The predicted octanol–water partition coefficient (Wildman–Crippen LogP) is 3.34. The largest absolute Gasteiger partial charge is 0.454 e. The third-order valence-electron chi connectivity index (χ3n) is 4.22. The van der Waals surface area contributed by atoms with Crippen molar-refractivity contribution in [2.45, 2.75) is 20.8 Å². The monoisotopic (exact) mass is 383 g/mol. The number of hydrogen-bond acceptors (Lipinski definition) is 7. The number of rotatable bonds is 6. The molecule has 0 spiro atoms. The summed E-state index contributed by atoms with van der Waals surface area (Å²) >= 11 is 0. The molecule has 144 valence electrons. The van der Waals surface area contributed by atoms with Gasteiger partial charge < -0.3 is 9.26 Å². The quantitative estimate of drug-likeness (QED) is 0.277. The molecule has 0 N–H and O–H groups in total. The molecule has 0 aliphatic heterocycles. The number of nitro benzene ring substituents is 1. The van der Waals surface area contributed by atoms with E-state index in [2.05, 4.69) is 5.16 Å². The number of benzene rings is 1. The highest BCUT2D eigenvalue weighted by atomic mass is 16.6. The summed E-state index contributed by atoms with van der Waals surface area (Å²) in [4.78, 5) is 34.7. The number of nitro groups is 1. The molecule has 2 heterocycles. The van der Waals surface area contributed by atoms with Crippen LogP contribution in [0.4, 0.5) is 5.69 Å². The minimum atomic E-state index is -0.732. The topological polar surface area (TPSA) is 117 Å². The Morgan fingerprint density at radius 3 is 2.43 bits per heavy atom. The summed E-state index contributed by atoms with van der Waals surface area (Å²) in [7, 11) is 0. The predicted molar refractivity (Wildman–Crippen MR) is 97.8 cm³/mol. The van der Waals surface area contributed by atoms with Crippen LogP contribution in [0.3, 0.4) is 0 Å². The van der Waals surface area contributed by atoms with Gasteiger partial charge in [-0.2, -0.15) is 0 Å². The molecule has 9 nitrogen and oxygen atoms in total. The highest BCUT2D eigenvalue weighted by Gasteiger charge is 2.20. The van der Waals surface area contributed by atoms with Crippen LogP contribution in [0, 0.1) is 30.9 Å². The van der Waals surface area contributed by atoms with Crippen LogP contribution in [0.2, 0.25) is 0 Å². The van der Waals surface area contributed by atoms with E-state index < -0.39 is 17.5 Å². The van der Waals surface area contributed by atoms with Crippen LogP contribution < -0.4 is 0 Å². The van der Waals surface area contributed by atoms with E-state index in [1.807, 2.05) is 6.92 Å². The summed E-state index contributed by atoms with van der Waals surface area (Å²) in [6.07, 6.45) is 0. The van der Waals surface area contributed by atoms with Gasteiger partial charge in [0.25, 0.3) is 5.69 Å². The van der Waals surface area contributed by atoms with Crippen LogP contribution in [0.15, 0.2) is 40.9 Å². The van der Waals surface area contributed by atoms with Gasteiger partial charge in [0.05, 0.1) is 10.5 Å². The van der Waals surface area contributed by atoms with E-state index in [1.165, 1.54) is 24.3 Å². The number of esters is 1. The maximum atomic E-state index is 12.5. The SMILES string of the molecule is Cc1cc(-n2c(C)cc(C(=O)COC(=O)c3ccc([N+](=O)[O-])cc3)c2C)no1. The van der Waals surface area contributed by atoms with Gasteiger partial charge in [-0.15, -0.1) is 0 Å². The Morgan fingerprint density at radius 2 is 1.86 bits per heavy atom. The number of carbonyl (C=O) groups excluding carboxylic acids is 2.